The van der Waals surface area contributed by atoms with Crippen molar-refractivity contribution in [2.75, 3.05) is 24.5 Å². The zero-order valence-electron chi connectivity index (χ0n) is 14.3. The molecule has 0 bridgehead atoms. The highest BCUT2D eigenvalue weighted by Crippen LogP contribution is 2.22. The summed E-state index contributed by atoms with van der Waals surface area (Å²) in [6.07, 6.45) is 5.13. The number of rotatable bonds is 6. The summed E-state index contributed by atoms with van der Waals surface area (Å²) in [6, 6.07) is 13.4. The predicted octanol–water partition coefficient (Wildman–Crippen LogP) is 2.54. The van der Waals surface area contributed by atoms with E-state index in [0.29, 0.717) is 12.5 Å². The van der Waals surface area contributed by atoms with Gasteiger partial charge in [-0.2, -0.15) is 0 Å². The number of amides is 1. The van der Waals surface area contributed by atoms with Crippen LogP contribution in [0.5, 0.6) is 0 Å². The third-order valence-corrected chi connectivity index (χ3v) is 4.79. The number of carbonyl (C=O) groups excluding carboxylic acids is 1. The molecular formula is C20H25N3O2. The van der Waals surface area contributed by atoms with E-state index in [1.807, 2.05) is 54.9 Å². The topological polar surface area (TPSA) is 65.5 Å². The van der Waals surface area contributed by atoms with E-state index in [1.54, 1.807) is 0 Å². The average molecular weight is 339 g/mol. The Balaban J connectivity index is 1.39. The van der Waals surface area contributed by atoms with Crippen LogP contribution >= 0.6 is 0 Å². The molecule has 1 saturated heterocycles. The van der Waals surface area contributed by atoms with Gasteiger partial charge in [0, 0.05) is 37.7 Å². The lowest BCUT2D eigenvalue weighted by Gasteiger charge is -2.33. The fourth-order valence-corrected chi connectivity index (χ4v) is 3.25. The summed E-state index contributed by atoms with van der Waals surface area (Å²) in [5, 5.41) is 13.1. The highest BCUT2D eigenvalue weighted by atomic mass is 16.3. The number of aromatic nitrogens is 1. The molecule has 0 aliphatic carbocycles. The average Bonchev–Trinajstić information content (AvgIpc) is 2.68. The van der Waals surface area contributed by atoms with E-state index in [4.69, 9.17) is 0 Å². The maximum absolute atomic E-state index is 12.1. The molecule has 1 fully saturated rings. The number of hydrogen-bond donors (Lipinski definition) is 2. The fraction of sp³-hybridized carbons (Fsp3) is 0.400. The third-order valence-electron chi connectivity index (χ3n) is 4.79. The van der Waals surface area contributed by atoms with Crippen molar-refractivity contribution < 1.29 is 9.90 Å². The second kappa shape index (κ2) is 8.62. The van der Waals surface area contributed by atoms with Crippen LogP contribution in [0.15, 0.2) is 54.9 Å². The number of pyridine rings is 1. The van der Waals surface area contributed by atoms with Crippen molar-refractivity contribution in [3.8, 4) is 0 Å². The molecule has 0 saturated carbocycles. The van der Waals surface area contributed by atoms with Crippen LogP contribution in [0.25, 0.3) is 0 Å². The molecular weight excluding hydrogens is 314 g/mol. The summed E-state index contributed by atoms with van der Waals surface area (Å²) >= 11 is 0. The smallest absolute Gasteiger partial charge is 0.222 e. The van der Waals surface area contributed by atoms with Crippen molar-refractivity contribution in [2.45, 2.75) is 25.4 Å². The van der Waals surface area contributed by atoms with Crippen LogP contribution in [0, 0.1) is 5.92 Å². The molecule has 1 aromatic heterocycles. The molecule has 0 spiro atoms. The van der Waals surface area contributed by atoms with Crippen LogP contribution in [-0.4, -0.2) is 35.6 Å². The Morgan fingerprint density at radius 1 is 1.16 bits per heavy atom. The quantitative estimate of drug-likeness (QED) is 0.849. The van der Waals surface area contributed by atoms with Gasteiger partial charge in [0.15, 0.2) is 0 Å². The van der Waals surface area contributed by atoms with Crippen LogP contribution in [-0.2, 0) is 4.79 Å². The number of benzene rings is 1. The van der Waals surface area contributed by atoms with E-state index in [-0.39, 0.29) is 12.3 Å². The molecule has 25 heavy (non-hydrogen) atoms. The summed E-state index contributed by atoms with van der Waals surface area (Å²) in [7, 11) is 0. The lowest BCUT2D eigenvalue weighted by Crippen LogP contribution is -2.38. The molecule has 2 N–H and O–H groups in total. The highest BCUT2D eigenvalue weighted by molar-refractivity contribution is 5.76. The van der Waals surface area contributed by atoms with Crippen LogP contribution < -0.4 is 10.2 Å². The van der Waals surface area contributed by atoms with Crippen molar-refractivity contribution in [1.29, 1.82) is 0 Å². The van der Waals surface area contributed by atoms with E-state index >= 15 is 0 Å². The Morgan fingerprint density at radius 3 is 2.52 bits per heavy atom. The van der Waals surface area contributed by atoms with Crippen LogP contribution in [0.1, 0.15) is 30.9 Å². The first-order chi connectivity index (χ1) is 12.2. The molecule has 1 aliphatic rings. The zero-order chi connectivity index (χ0) is 17.5. The SMILES string of the molecule is O=C(CC(O)c1ccccc1)NCC1CCN(c2ccncc2)CC1. The van der Waals surface area contributed by atoms with E-state index in [1.165, 1.54) is 5.69 Å². The van der Waals surface area contributed by atoms with Crippen LogP contribution in [0.2, 0.25) is 0 Å². The first-order valence-corrected chi connectivity index (χ1v) is 8.87. The van der Waals surface area contributed by atoms with Gasteiger partial charge in [-0.3, -0.25) is 9.78 Å². The number of nitrogens with zero attached hydrogens (tertiary/aromatic N) is 2. The molecule has 3 rings (SSSR count). The van der Waals surface area contributed by atoms with Gasteiger partial charge in [-0.15, -0.1) is 0 Å². The van der Waals surface area contributed by atoms with Crippen molar-refractivity contribution in [3.05, 3.63) is 60.4 Å². The van der Waals surface area contributed by atoms with Gasteiger partial charge < -0.3 is 15.3 Å². The number of piperidine rings is 1. The first-order valence-electron chi connectivity index (χ1n) is 8.87. The lowest BCUT2D eigenvalue weighted by molar-refractivity contribution is -0.123. The molecule has 1 amide bonds. The number of aliphatic hydroxyl groups excluding tert-OH is 1. The van der Waals surface area contributed by atoms with Gasteiger partial charge in [0.05, 0.1) is 12.5 Å². The zero-order valence-corrected chi connectivity index (χ0v) is 14.3. The van der Waals surface area contributed by atoms with Gasteiger partial charge in [0.1, 0.15) is 0 Å². The fourth-order valence-electron chi connectivity index (χ4n) is 3.25. The number of carbonyl (C=O) groups is 1. The molecule has 1 aromatic carbocycles. The monoisotopic (exact) mass is 339 g/mol. The van der Waals surface area contributed by atoms with Crippen LogP contribution in [0.4, 0.5) is 5.69 Å². The molecule has 2 aromatic rings. The van der Waals surface area contributed by atoms with E-state index in [9.17, 15) is 9.90 Å². The molecule has 5 heteroatoms. The van der Waals surface area contributed by atoms with Crippen LogP contribution in [0.3, 0.4) is 0 Å². The largest absolute Gasteiger partial charge is 0.388 e. The van der Waals surface area contributed by atoms with E-state index in [0.717, 1.165) is 31.5 Å². The summed E-state index contributed by atoms with van der Waals surface area (Å²) in [4.78, 5) is 18.5. The minimum atomic E-state index is -0.741. The minimum Gasteiger partial charge on any atom is -0.388 e. The van der Waals surface area contributed by atoms with Crippen molar-refractivity contribution in [2.24, 2.45) is 5.92 Å². The molecule has 2 heterocycles. The number of anilines is 1. The van der Waals surface area contributed by atoms with Gasteiger partial charge in [0.25, 0.3) is 0 Å². The Bertz CT molecular complexity index is 655. The third kappa shape index (κ3) is 5.03. The standard InChI is InChI=1S/C20H25N3O2/c24-19(17-4-2-1-3-5-17)14-20(25)22-15-16-8-12-23(13-9-16)18-6-10-21-11-7-18/h1-7,10-11,16,19,24H,8-9,12-15H2,(H,22,25). The van der Waals surface area contributed by atoms with Gasteiger partial charge in [-0.25, -0.2) is 0 Å². The van der Waals surface area contributed by atoms with Gasteiger partial charge in [-0.1, -0.05) is 30.3 Å². The Labute approximate surface area is 148 Å². The Hall–Kier alpha value is -2.40. The second-order valence-electron chi connectivity index (χ2n) is 6.57. The number of aliphatic hydroxyl groups is 1. The van der Waals surface area contributed by atoms with Crippen molar-refractivity contribution >= 4 is 11.6 Å². The van der Waals surface area contributed by atoms with Gasteiger partial charge in [-0.05, 0) is 36.5 Å². The number of nitrogens with one attached hydrogen (secondary N) is 1. The molecule has 132 valence electrons. The van der Waals surface area contributed by atoms with Crippen molar-refractivity contribution in [3.63, 3.8) is 0 Å². The summed E-state index contributed by atoms with van der Waals surface area (Å²) in [5.41, 5.74) is 1.99. The van der Waals surface area contributed by atoms with Gasteiger partial charge >= 0.3 is 0 Å². The molecule has 1 aliphatic heterocycles. The summed E-state index contributed by atoms with van der Waals surface area (Å²) < 4.78 is 0. The molecule has 1 atom stereocenters. The maximum atomic E-state index is 12.1. The maximum Gasteiger partial charge on any atom is 0.222 e. The van der Waals surface area contributed by atoms with Crippen molar-refractivity contribution in [1.82, 2.24) is 10.3 Å². The normalized spacial score (nSPS) is 16.4. The highest BCUT2D eigenvalue weighted by Gasteiger charge is 2.20. The summed E-state index contributed by atoms with van der Waals surface area (Å²) in [5.74, 6) is 0.406. The molecule has 1 unspecified atom stereocenters. The number of hydrogen-bond acceptors (Lipinski definition) is 4. The Kier molecular flexibility index (Phi) is 6.01. The minimum absolute atomic E-state index is 0.0899. The summed E-state index contributed by atoms with van der Waals surface area (Å²) in [6.45, 7) is 2.68. The van der Waals surface area contributed by atoms with Gasteiger partial charge in [0.2, 0.25) is 5.91 Å². The first kappa shape index (κ1) is 17.4. The lowest BCUT2D eigenvalue weighted by atomic mass is 9.96. The second-order valence-corrected chi connectivity index (χ2v) is 6.57. The Morgan fingerprint density at radius 2 is 1.84 bits per heavy atom. The molecule has 0 radical (unpaired) electrons. The molecule has 5 nitrogen and oxygen atoms in total. The predicted molar refractivity (Wildman–Crippen MR) is 98.2 cm³/mol. The van der Waals surface area contributed by atoms with E-state index < -0.39 is 6.10 Å². The van der Waals surface area contributed by atoms with E-state index in [2.05, 4.69) is 15.2 Å².